The predicted molar refractivity (Wildman–Crippen MR) is 22.5 cm³/mol. The zero-order valence-electron chi connectivity index (χ0n) is 4.83. The van der Waals surface area contributed by atoms with Crippen molar-refractivity contribution in [1.29, 1.82) is 0 Å². The van der Waals surface area contributed by atoms with E-state index in [1.165, 1.54) is 0 Å². The van der Waals surface area contributed by atoms with Gasteiger partial charge in [0.15, 0.2) is 0 Å². The van der Waals surface area contributed by atoms with Crippen LogP contribution in [-0.2, 0) is 15.7 Å². The Kier molecular flexibility index (Phi) is 10.8. The molecule has 0 aromatic rings. The van der Waals surface area contributed by atoms with Gasteiger partial charge in [-0.3, -0.25) is 4.55 Å². The van der Waals surface area contributed by atoms with Crippen molar-refractivity contribution in [2.75, 3.05) is 0 Å². The smallest absolute Gasteiger partial charge is 1.00 e. The minimum atomic E-state index is -2.52. The van der Waals surface area contributed by atoms with E-state index in [1.54, 1.807) is 0 Å². The van der Waals surface area contributed by atoms with E-state index in [1.807, 2.05) is 0 Å². The Balaban J connectivity index is -0.0000000267. The van der Waals surface area contributed by atoms with Crippen LogP contribution in [0.1, 0.15) is 2.85 Å². The van der Waals surface area contributed by atoms with Gasteiger partial charge in [0, 0.05) is 0 Å². The van der Waals surface area contributed by atoms with Gasteiger partial charge in [0.2, 0.25) is 0 Å². The molecular formula is H4CaO4S. The molecule has 0 aromatic heterocycles. The molecule has 0 rings (SSSR count). The van der Waals surface area contributed by atoms with Crippen LogP contribution in [0.5, 0.6) is 0 Å². The van der Waals surface area contributed by atoms with E-state index in [9.17, 15) is 0 Å². The third-order valence-corrected chi connectivity index (χ3v) is 0.191. The number of rotatable bonds is 1. The van der Waals surface area contributed by atoms with Crippen molar-refractivity contribution in [3.8, 4) is 0 Å². The first-order chi connectivity index (χ1) is 2.27. The predicted octanol–water partition coefficient (Wildman–Crippen LogP) is -0.543. The normalized spacial score (nSPS) is 12.3. The molecule has 0 bridgehead atoms. The summed E-state index contributed by atoms with van der Waals surface area (Å²) in [6.45, 7) is 0. The summed E-state index contributed by atoms with van der Waals surface area (Å²) in [6.07, 6.45) is 0. The molecule has 0 heterocycles. The molecule has 0 saturated heterocycles. The van der Waals surface area contributed by atoms with E-state index >= 15 is 0 Å². The third-order valence-electron chi connectivity index (χ3n) is 0.0638. The molecule has 6 heavy (non-hydrogen) atoms. The second-order valence-corrected chi connectivity index (χ2v) is 0.875. The molecule has 0 aliphatic rings. The van der Waals surface area contributed by atoms with Crippen LogP contribution in [0.15, 0.2) is 0 Å². The molecule has 0 aliphatic heterocycles. The fourth-order valence-corrected chi connectivity index (χ4v) is 0. The van der Waals surface area contributed by atoms with Crippen LogP contribution in [0.25, 0.3) is 0 Å². The first kappa shape index (κ1) is 10.3. The number of hydrogen-bond donors (Lipinski definition) is 2. The molecule has 36 valence electrons. The zero-order valence-corrected chi connectivity index (χ0v) is 5.85. The van der Waals surface area contributed by atoms with Crippen LogP contribution in [0.4, 0.5) is 0 Å². The van der Waals surface area contributed by atoms with Crippen molar-refractivity contribution in [3.63, 3.8) is 0 Å². The van der Waals surface area contributed by atoms with Crippen LogP contribution in [0, 0.1) is 0 Å². The van der Waals surface area contributed by atoms with Crippen molar-refractivity contribution >= 4 is 49.1 Å². The molecule has 0 aromatic carbocycles. The Morgan fingerprint density at radius 1 is 1.83 bits per heavy atom. The first-order valence-electron chi connectivity index (χ1n) is 0.698. The Hall–Kier alpha value is 1.29. The van der Waals surface area contributed by atoms with E-state index in [0.717, 1.165) is 0 Å². The summed E-state index contributed by atoms with van der Waals surface area (Å²) in [4.78, 5) is 0. The maximum Gasteiger partial charge on any atom is 2.00 e. The average molecular weight is 140 g/mol. The second kappa shape index (κ2) is 6.29. The van der Waals surface area contributed by atoms with E-state index in [4.69, 9.17) is 14.0 Å². The van der Waals surface area contributed by atoms with E-state index in [0.29, 0.717) is 0 Å². The molecule has 0 spiro atoms. The van der Waals surface area contributed by atoms with Gasteiger partial charge in [-0.1, -0.05) is 0 Å². The maximum absolute atomic E-state index is 9.01. The van der Waals surface area contributed by atoms with Crippen molar-refractivity contribution < 1.29 is 21.2 Å². The van der Waals surface area contributed by atoms with Gasteiger partial charge in [0.1, 0.15) is 0 Å². The molecule has 0 radical (unpaired) electrons. The quantitative estimate of drug-likeness (QED) is 0.222. The van der Waals surface area contributed by atoms with Crippen molar-refractivity contribution in [1.82, 2.24) is 0 Å². The van der Waals surface area contributed by atoms with Gasteiger partial charge in [0.05, 0.1) is 0 Å². The SMILES string of the molecule is O=S(O)OO.[Ca+2].[H-].[H-]. The molecule has 6 heteroatoms. The Bertz CT molecular complexity index is 49.3. The molecule has 4 nitrogen and oxygen atoms in total. The van der Waals surface area contributed by atoms with Crippen LogP contribution >= 0.6 is 0 Å². The average Bonchev–Trinajstić information content (AvgIpc) is 1.38. The third kappa shape index (κ3) is 8.99. The standard InChI is InChI=1S/Ca.H2O4S.2H/c;1-4-5(2)3;;/h;1H,(H,2,3);;/q+2;;2*-1. The minimum Gasteiger partial charge on any atom is -1.00 e. The van der Waals surface area contributed by atoms with Crippen LogP contribution < -0.4 is 0 Å². The van der Waals surface area contributed by atoms with Gasteiger partial charge in [0.25, 0.3) is 0 Å². The van der Waals surface area contributed by atoms with E-state index in [-0.39, 0.29) is 40.6 Å². The second-order valence-electron chi connectivity index (χ2n) is 0.292. The van der Waals surface area contributed by atoms with E-state index < -0.39 is 11.4 Å². The van der Waals surface area contributed by atoms with Gasteiger partial charge in [-0.05, 0) is 0 Å². The summed E-state index contributed by atoms with van der Waals surface area (Å²) in [5.74, 6) is 0. The molecule has 1 unspecified atom stereocenters. The summed E-state index contributed by atoms with van der Waals surface area (Å²) in [7, 11) is 0. The summed E-state index contributed by atoms with van der Waals surface area (Å²) in [6, 6.07) is 0. The minimum absolute atomic E-state index is 0. The van der Waals surface area contributed by atoms with Crippen LogP contribution in [0.3, 0.4) is 0 Å². The fourth-order valence-electron chi connectivity index (χ4n) is 0. The molecule has 0 saturated carbocycles. The van der Waals surface area contributed by atoms with Gasteiger partial charge in [-0.2, -0.15) is 4.21 Å². The molecule has 2 N–H and O–H groups in total. The summed E-state index contributed by atoms with van der Waals surface area (Å²) >= 11 is -2.52. The molecule has 1 atom stereocenters. The van der Waals surface area contributed by atoms with Crippen LogP contribution in [0.2, 0.25) is 0 Å². The van der Waals surface area contributed by atoms with Crippen LogP contribution in [-0.4, -0.2) is 51.8 Å². The van der Waals surface area contributed by atoms with Gasteiger partial charge in [-0.15, -0.1) is 4.33 Å². The van der Waals surface area contributed by atoms with Crippen molar-refractivity contribution in [3.05, 3.63) is 0 Å². The first-order valence-corrected chi connectivity index (χ1v) is 1.73. The fraction of sp³-hybridized carbons (Fsp3) is 0. The van der Waals surface area contributed by atoms with E-state index in [2.05, 4.69) is 4.33 Å². The molecule has 0 amide bonds. The van der Waals surface area contributed by atoms with Gasteiger partial charge >= 0.3 is 49.1 Å². The molecular weight excluding hydrogens is 136 g/mol. The Labute approximate surface area is 69.9 Å². The summed E-state index contributed by atoms with van der Waals surface area (Å²) in [5.41, 5.74) is 0. The largest absolute Gasteiger partial charge is 2.00 e. The van der Waals surface area contributed by atoms with Crippen molar-refractivity contribution in [2.24, 2.45) is 0 Å². The van der Waals surface area contributed by atoms with Gasteiger partial charge in [-0.25, -0.2) is 5.26 Å². The van der Waals surface area contributed by atoms with Gasteiger partial charge < -0.3 is 2.85 Å². The molecule has 0 aliphatic carbocycles. The van der Waals surface area contributed by atoms with Crippen molar-refractivity contribution in [2.45, 2.75) is 0 Å². The number of hydrogen-bond acceptors (Lipinski definition) is 3. The zero-order chi connectivity index (χ0) is 4.28. The monoisotopic (exact) mass is 140 g/mol. The maximum atomic E-state index is 9.01. The summed E-state index contributed by atoms with van der Waals surface area (Å²) < 4.78 is 19.1. The summed E-state index contributed by atoms with van der Waals surface area (Å²) in [5, 5.41) is 7.09. The Morgan fingerprint density at radius 2 is 2.00 bits per heavy atom. The molecule has 0 fully saturated rings. The topological polar surface area (TPSA) is 66.8 Å². The Morgan fingerprint density at radius 3 is 2.00 bits per heavy atom.